The summed E-state index contributed by atoms with van der Waals surface area (Å²) in [5, 5.41) is 5.92. The molecule has 1 N–H and O–H groups in total. The molecular weight excluding hydrogens is 292 g/mol. The number of hydrogen-bond donors (Lipinski definition) is 1. The van der Waals surface area contributed by atoms with E-state index >= 15 is 0 Å². The first-order valence-electron chi connectivity index (χ1n) is 6.32. The van der Waals surface area contributed by atoms with Gasteiger partial charge in [-0.3, -0.25) is 4.68 Å². The third kappa shape index (κ3) is 2.43. The maximum absolute atomic E-state index is 6.24. The van der Waals surface area contributed by atoms with Gasteiger partial charge in [-0.2, -0.15) is 5.10 Å². The Morgan fingerprint density at radius 3 is 2.85 bits per heavy atom. The molecule has 3 rings (SSSR count). The molecule has 6 heteroatoms. The lowest BCUT2D eigenvalue weighted by Gasteiger charge is -1.98. The van der Waals surface area contributed by atoms with E-state index in [1.807, 2.05) is 20.0 Å². The summed E-state index contributed by atoms with van der Waals surface area (Å²) in [6.45, 7) is 4.05. The van der Waals surface area contributed by atoms with Crippen LogP contribution >= 0.6 is 23.4 Å². The van der Waals surface area contributed by atoms with Crippen molar-refractivity contribution in [1.82, 2.24) is 19.7 Å². The molecule has 1 aromatic carbocycles. The van der Waals surface area contributed by atoms with Crippen molar-refractivity contribution in [3.05, 3.63) is 40.2 Å². The van der Waals surface area contributed by atoms with Crippen molar-refractivity contribution in [2.75, 3.05) is 0 Å². The lowest BCUT2D eigenvalue weighted by molar-refractivity contribution is 0.757. The van der Waals surface area contributed by atoms with E-state index in [2.05, 4.69) is 34.1 Å². The molecule has 0 saturated heterocycles. The number of rotatable bonds is 3. The highest BCUT2D eigenvalue weighted by Crippen LogP contribution is 2.28. The highest BCUT2D eigenvalue weighted by molar-refractivity contribution is 7.98. The Kier molecular flexibility index (Phi) is 3.48. The van der Waals surface area contributed by atoms with E-state index in [0.717, 1.165) is 33.2 Å². The summed E-state index contributed by atoms with van der Waals surface area (Å²) in [5.74, 6) is 0.761. The Hall–Kier alpha value is -1.46. The number of thioether (sulfide) groups is 1. The van der Waals surface area contributed by atoms with Gasteiger partial charge in [-0.25, -0.2) is 4.98 Å². The molecule has 0 fully saturated rings. The van der Waals surface area contributed by atoms with Crippen molar-refractivity contribution >= 4 is 34.4 Å². The average molecular weight is 307 g/mol. The average Bonchev–Trinajstić information content (AvgIpc) is 2.89. The van der Waals surface area contributed by atoms with Crippen LogP contribution in [0.2, 0.25) is 5.15 Å². The zero-order valence-electron chi connectivity index (χ0n) is 11.6. The Morgan fingerprint density at radius 1 is 1.35 bits per heavy atom. The molecule has 2 aromatic heterocycles. The molecule has 0 unspecified atom stereocenters. The van der Waals surface area contributed by atoms with Gasteiger partial charge < -0.3 is 4.98 Å². The molecule has 0 saturated carbocycles. The molecule has 20 heavy (non-hydrogen) atoms. The second-order valence-electron chi connectivity index (χ2n) is 4.83. The van der Waals surface area contributed by atoms with Crippen molar-refractivity contribution in [3.63, 3.8) is 0 Å². The third-order valence-corrected chi connectivity index (χ3v) is 4.61. The highest BCUT2D eigenvalue weighted by atomic mass is 35.5. The molecule has 0 amide bonds. The molecular formula is C14H15ClN4S. The molecule has 2 heterocycles. The van der Waals surface area contributed by atoms with Crippen LogP contribution in [0.3, 0.4) is 0 Å². The fourth-order valence-electron chi connectivity index (χ4n) is 2.15. The summed E-state index contributed by atoms with van der Waals surface area (Å²) in [7, 11) is 1.85. The minimum atomic E-state index is 0.696. The molecule has 4 nitrogen and oxygen atoms in total. The summed E-state index contributed by atoms with van der Waals surface area (Å²) in [6.07, 6.45) is 0. The number of benzene rings is 1. The second kappa shape index (κ2) is 5.14. The molecule has 0 radical (unpaired) electrons. The highest BCUT2D eigenvalue weighted by Gasteiger charge is 2.12. The van der Waals surface area contributed by atoms with E-state index in [1.54, 1.807) is 16.4 Å². The van der Waals surface area contributed by atoms with Crippen LogP contribution in [0, 0.1) is 13.8 Å². The van der Waals surface area contributed by atoms with Crippen LogP contribution in [0.25, 0.3) is 11.0 Å². The van der Waals surface area contributed by atoms with Gasteiger partial charge in [-0.15, -0.1) is 0 Å². The number of hydrogen-bond acceptors (Lipinski definition) is 3. The zero-order valence-corrected chi connectivity index (χ0v) is 13.1. The van der Waals surface area contributed by atoms with Crippen molar-refractivity contribution in [2.24, 2.45) is 7.05 Å². The normalized spacial score (nSPS) is 11.4. The lowest BCUT2D eigenvalue weighted by atomic mass is 10.2. The van der Waals surface area contributed by atoms with Gasteiger partial charge in [0.15, 0.2) is 5.16 Å². The van der Waals surface area contributed by atoms with Gasteiger partial charge in [0.25, 0.3) is 0 Å². The van der Waals surface area contributed by atoms with E-state index in [1.165, 1.54) is 5.56 Å². The number of imidazole rings is 1. The molecule has 0 aliphatic heterocycles. The van der Waals surface area contributed by atoms with Gasteiger partial charge in [0.2, 0.25) is 0 Å². The molecule has 0 aliphatic carbocycles. The number of aryl methyl sites for hydroxylation is 3. The molecule has 0 spiro atoms. The summed E-state index contributed by atoms with van der Waals surface area (Å²) in [5.41, 5.74) is 5.32. The number of halogens is 1. The number of nitrogens with one attached hydrogen (secondary N) is 1. The summed E-state index contributed by atoms with van der Waals surface area (Å²) in [6, 6.07) is 6.21. The van der Waals surface area contributed by atoms with Gasteiger partial charge in [0.05, 0.1) is 16.7 Å². The zero-order chi connectivity index (χ0) is 14.3. The van der Waals surface area contributed by atoms with E-state index < -0.39 is 0 Å². The van der Waals surface area contributed by atoms with E-state index in [4.69, 9.17) is 11.6 Å². The van der Waals surface area contributed by atoms with Gasteiger partial charge in [0.1, 0.15) is 5.15 Å². The summed E-state index contributed by atoms with van der Waals surface area (Å²) in [4.78, 5) is 7.91. The van der Waals surface area contributed by atoms with Gasteiger partial charge in [-0.05, 0) is 31.5 Å². The van der Waals surface area contributed by atoms with Gasteiger partial charge >= 0.3 is 0 Å². The van der Waals surface area contributed by atoms with E-state index in [0.29, 0.717) is 5.15 Å². The summed E-state index contributed by atoms with van der Waals surface area (Å²) >= 11 is 7.88. The van der Waals surface area contributed by atoms with Gasteiger partial charge in [-0.1, -0.05) is 29.4 Å². The number of aromatic nitrogens is 4. The number of aromatic amines is 1. The predicted molar refractivity (Wildman–Crippen MR) is 83.3 cm³/mol. The summed E-state index contributed by atoms with van der Waals surface area (Å²) < 4.78 is 1.70. The molecule has 104 valence electrons. The SMILES string of the molecule is Cc1ccc2nc(SCc3c(C)nn(C)c3Cl)[nH]c2c1. The Bertz CT molecular complexity index is 775. The van der Waals surface area contributed by atoms with E-state index in [-0.39, 0.29) is 0 Å². The first-order valence-corrected chi connectivity index (χ1v) is 7.68. The van der Waals surface area contributed by atoms with Crippen molar-refractivity contribution in [2.45, 2.75) is 24.8 Å². The van der Waals surface area contributed by atoms with Crippen LogP contribution in [-0.4, -0.2) is 19.7 Å². The molecule has 0 atom stereocenters. The molecule has 0 aliphatic rings. The standard InChI is InChI=1S/C14H15ClN4S/c1-8-4-5-11-12(6-8)17-14(16-11)20-7-10-9(2)18-19(3)13(10)15/h4-6H,7H2,1-3H3,(H,16,17). The number of H-pyrrole nitrogens is 1. The van der Waals surface area contributed by atoms with Crippen LogP contribution in [0.15, 0.2) is 23.4 Å². The van der Waals surface area contributed by atoms with Crippen molar-refractivity contribution in [3.8, 4) is 0 Å². The lowest BCUT2D eigenvalue weighted by Crippen LogP contribution is -1.89. The van der Waals surface area contributed by atoms with Crippen LogP contribution in [0.4, 0.5) is 0 Å². The minimum Gasteiger partial charge on any atom is -0.333 e. The first kappa shape index (κ1) is 13.5. The number of fused-ring (bicyclic) bond motifs is 1. The maximum Gasteiger partial charge on any atom is 0.166 e. The quantitative estimate of drug-likeness (QED) is 0.747. The predicted octanol–water partition coefficient (Wildman–Crippen LogP) is 3.86. The first-order chi connectivity index (χ1) is 9.54. The van der Waals surface area contributed by atoms with Crippen molar-refractivity contribution < 1.29 is 0 Å². The smallest absolute Gasteiger partial charge is 0.166 e. The monoisotopic (exact) mass is 306 g/mol. The van der Waals surface area contributed by atoms with Crippen molar-refractivity contribution in [1.29, 1.82) is 0 Å². The second-order valence-corrected chi connectivity index (χ2v) is 6.15. The van der Waals surface area contributed by atoms with Crippen LogP contribution < -0.4 is 0 Å². The largest absolute Gasteiger partial charge is 0.333 e. The number of nitrogens with zero attached hydrogens (tertiary/aromatic N) is 3. The Balaban J connectivity index is 1.83. The van der Waals surface area contributed by atoms with Crippen LogP contribution in [-0.2, 0) is 12.8 Å². The van der Waals surface area contributed by atoms with Crippen LogP contribution in [0.5, 0.6) is 0 Å². The van der Waals surface area contributed by atoms with Crippen LogP contribution in [0.1, 0.15) is 16.8 Å². The van der Waals surface area contributed by atoms with E-state index in [9.17, 15) is 0 Å². The third-order valence-electron chi connectivity index (χ3n) is 3.24. The van der Waals surface area contributed by atoms with Gasteiger partial charge in [0, 0.05) is 18.4 Å². The fourth-order valence-corrected chi connectivity index (χ4v) is 3.44. The maximum atomic E-state index is 6.24. The molecule has 3 aromatic rings. The Morgan fingerprint density at radius 2 is 2.15 bits per heavy atom. The minimum absolute atomic E-state index is 0.696. The fraction of sp³-hybridized carbons (Fsp3) is 0.286. The Labute approximate surface area is 126 Å². The molecule has 0 bridgehead atoms. The topological polar surface area (TPSA) is 46.5 Å².